The Kier molecular flexibility index (Phi) is 4.61. The lowest BCUT2D eigenvalue weighted by molar-refractivity contribution is 0.0919. The monoisotopic (exact) mass is 242 g/mol. The number of Topliss-reactive ketones (excluding diaryl/α,β-unsaturated/α-hetero) is 1. The quantitative estimate of drug-likeness (QED) is 0.737. The summed E-state index contributed by atoms with van der Waals surface area (Å²) in [6, 6.07) is 1.81. The third-order valence-electron chi connectivity index (χ3n) is 2.68. The first kappa shape index (κ1) is 13.6. The van der Waals surface area contributed by atoms with Crippen LogP contribution in [0.25, 0.3) is 0 Å². The molecule has 0 amide bonds. The second-order valence-electron chi connectivity index (χ2n) is 4.02. The van der Waals surface area contributed by atoms with E-state index in [9.17, 15) is 13.6 Å². The maximum atomic E-state index is 13.6. The molecule has 1 rings (SSSR count). The van der Waals surface area contributed by atoms with Gasteiger partial charge in [0.15, 0.2) is 17.3 Å². The zero-order valence-electron chi connectivity index (χ0n) is 10.2. The average molecular weight is 242 g/mol. The topological polar surface area (TPSA) is 26.3 Å². The van der Waals surface area contributed by atoms with Crippen LogP contribution in [0, 0.1) is 17.6 Å². The molecular formula is C13H16F2O2. The third-order valence-corrected chi connectivity index (χ3v) is 2.68. The predicted octanol–water partition coefficient (Wildman–Crippen LogP) is 3.59. The Bertz CT molecular complexity index is 416. The van der Waals surface area contributed by atoms with Crippen molar-refractivity contribution in [1.29, 1.82) is 0 Å². The van der Waals surface area contributed by atoms with E-state index in [-0.39, 0.29) is 23.0 Å². The molecule has 2 nitrogen and oxygen atoms in total. The number of halogens is 2. The Hall–Kier alpha value is -1.45. The van der Waals surface area contributed by atoms with Crippen LogP contribution in [-0.4, -0.2) is 12.9 Å². The molecule has 0 heterocycles. The third kappa shape index (κ3) is 3.02. The molecule has 1 atom stereocenters. The van der Waals surface area contributed by atoms with Gasteiger partial charge in [-0.15, -0.1) is 0 Å². The summed E-state index contributed by atoms with van der Waals surface area (Å²) in [4.78, 5) is 11.9. The van der Waals surface area contributed by atoms with Gasteiger partial charge in [0.05, 0.1) is 12.7 Å². The lowest BCUT2D eigenvalue weighted by Crippen LogP contribution is -2.13. The second kappa shape index (κ2) is 5.75. The minimum absolute atomic E-state index is 0.192. The van der Waals surface area contributed by atoms with Crippen LogP contribution in [0.1, 0.15) is 37.0 Å². The minimum Gasteiger partial charge on any atom is -0.494 e. The molecule has 94 valence electrons. The van der Waals surface area contributed by atoms with Crippen LogP contribution in [-0.2, 0) is 0 Å². The first-order chi connectivity index (χ1) is 8.01. The number of hydrogen-bond acceptors (Lipinski definition) is 2. The van der Waals surface area contributed by atoms with E-state index in [4.69, 9.17) is 0 Å². The van der Waals surface area contributed by atoms with Crippen molar-refractivity contribution in [3.8, 4) is 5.75 Å². The fourth-order valence-electron chi connectivity index (χ4n) is 1.70. The van der Waals surface area contributed by atoms with Gasteiger partial charge in [0.2, 0.25) is 0 Å². The largest absolute Gasteiger partial charge is 0.494 e. The highest BCUT2D eigenvalue weighted by Gasteiger charge is 2.20. The van der Waals surface area contributed by atoms with Crippen LogP contribution in [0.15, 0.2) is 12.1 Å². The zero-order chi connectivity index (χ0) is 13.0. The zero-order valence-corrected chi connectivity index (χ0v) is 10.2. The predicted molar refractivity (Wildman–Crippen MR) is 61.3 cm³/mol. The van der Waals surface area contributed by atoms with Crippen LogP contribution >= 0.6 is 0 Å². The molecule has 0 N–H and O–H groups in total. The molecule has 0 aliphatic carbocycles. The number of methoxy groups -OCH3 is 1. The molecular weight excluding hydrogens is 226 g/mol. The fourth-order valence-corrected chi connectivity index (χ4v) is 1.70. The van der Waals surface area contributed by atoms with Gasteiger partial charge in [-0.1, -0.05) is 20.3 Å². The summed E-state index contributed by atoms with van der Waals surface area (Å²) < 4.78 is 31.6. The van der Waals surface area contributed by atoms with Gasteiger partial charge in [0.1, 0.15) is 5.82 Å². The van der Waals surface area contributed by atoms with Crippen molar-refractivity contribution in [3.63, 3.8) is 0 Å². The fraction of sp³-hybridized carbons (Fsp3) is 0.462. The van der Waals surface area contributed by atoms with Gasteiger partial charge in [-0.2, -0.15) is 0 Å². The van der Waals surface area contributed by atoms with Crippen LogP contribution < -0.4 is 4.74 Å². The maximum Gasteiger partial charge on any atom is 0.168 e. The lowest BCUT2D eigenvalue weighted by Gasteiger charge is -2.11. The van der Waals surface area contributed by atoms with Crippen molar-refractivity contribution >= 4 is 5.78 Å². The Morgan fingerprint density at radius 1 is 1.35 bits per heavy atom. The van der Waals surface area contributed by atoms with Crippen molar-refractivity contribution in [2.75, 3.05) is 7.11 Å². The number of hydrogen-bond donors (Lipinski definition) is 0. The molecule has 0 spiro atoms. The van der Waals surface area contributed by atoms with Crippen molar-refractivity contribution in [2.24, 2.45) is 5.92 Å². The summed E-state index contributed by atoms with van der Waals surface area (Å²) >= 11 is 0. The molecule has 4 heteroatoms. The number of ketones is 1. The standard InChI is InChI=1S/C13H16F2O2/c1-4-5-8(2)13(16)9-6-11(15)12(17-3)7-10(9)14/h6-8H,4-5H2,1-3H3. The van der Waals surface area contributed by atoms with Crippen molar-refractivity contribution in [3.05, 3.63) is 29.3 Å². The molecule has 17 heavy (non-hydrogen) atoms. The van der Waals surface area contributed by atoms with E-state index in [1.807, 2.05) is 6.92 Å². The molecule has 1 aromatic carbocycles. The first-order valence-corrected chi connectivity index (χ1v) is 5.58. The number of rotatable bonds is 5. The molecule has 0 bridgehead atoms. The van der Waals surface area contributed by atoms with Crippen LogP contribution in [0.4, 0.5) is 8.78 Å². The summed E-state index contributed by atoms with van der Waals surface area (Å²) in [7, 11) is 1.25. The Morgan fingerprint density at radius 2 is 2.00 bits per heavy atom. The second-order valence-corrected chi connectivity index (χ2v) is 4.02. The van der Waals surface area contributed by atoms with E-state index in [2.05, 4.69) is 4.74 Å². The number of ether oxygens (including phenoxy) is 1. The molecule has 0 radical (unpaired) electrons. The molecule has 0 aliphatic heterocycles. The minimum atomic E-state index is -0.740. The highest BCUT2D eigenvalue weighted by atomic mass is 19.1. The van der Waals surface area contributed by atoms with E-state index in [0.29, 0.717) is 6.42 Å². The highest BCUT2D eigenvalue weighted by Crippen LogP contribution is 2.24. The molecule has 0 aromatic heterocycles. The van der Waals surface area contributed by atoms with Gasteiger partial charge in [0.25, 0.3) is 0 Å². The summed E-state index contributed by atoms with van der Waals surface area (Å²) in [6.07, 6.45) is 1.49. The van der Waals surface area contributed by atoms with Crippen molar-refractivity contribution < 1.29 is 18.3 Å². The molecule has 0 fully saturated rings. The smallest absolute Gasteiger partial charge is 0.168 e. The summed E-state index contributed by atoms with van der Waals surface area (Å²) in [5.74, 6) is -2.33. The Morgan fingerprint density at radius 3 is 2.53 bits per heavy atom. The van der Waals surface area contributed by atoms with E-state index in [1.54, 1.807) is 6.92 Å². The Balaban J connectivity index is 3.06. The van der Waals surface area contributed by atoms with Gasteiger partial charge in [-0.25, -0.2) is 8.78 Å². The van der Waals surface area contributed by atoms with Crippen LogP contribution in [0.2, 0.25) is 0 Å². The van der Waals surface area contributed by atoms with Crippen LogP contribution in [0.3, 0.4) is 0 Å². The van der Waals surface area contributed by atoms with Gasteiger partial charge < -0.3 is 4.74 Å². The normalized spacial score (nSPS) is 12.3. The van der Waals surface area contributed by atoms with E-state index >= 15 is 0 Å². The summed E-state index contributed by atoms with van der Waals surface area (Å²) in [5, 5.41) is 0. The number of carbonyl (C=O) groups excluding carboxylic acids is 1. The maximum absolute atomic E-state index is 13.6. The van der Waals surface area contributed by atoms with E-state index in [1.165, 1.54) is 7.11 Å². The van der Waals surface area contributed by atoms with Crippen molar-refractivity contribution in [1.82, 2.24) is 0 Å². The molecule has 1 aromatic rings. The molecule has 0 saturated heterocycles. The average Bonchev–Trinajstić information content (AvgIpc) is 2.31. The van der Waals surface area contributed by atoms with Crippen LogP contribution in [0.5, 0.6) is 5.75 Å². The summed E-state index contributed by atoms with van der Waals surface area (Å²) in [6.45, 7) is 3.65. The first-order valence-electron chi connectivity index (χ1n) is 5.58. The Labute approximate surface area is 99.6 Å². The molecule has 0 aliphatic rings. The van der Waals surface area contributed by atoms with Gasteiger partial charge >= 0.3 is 0 Å². The van der Waals surface area contributed by atoms with E-state index in [0.717, 1.165) is 18.6 Å². The van der Waals surface area contributed by atoms with Gasteiger partial charge in [0, 0.05) is 12.0 Å². The van der Waals surface area contributed by atoms with Gasteiger partial charge in [-0.3, -0.25) is 4.79 Å². The molecule has 1 unspecified atom stereocenters. The van der Waals surface area contributed by atoms with Gasteiger partial charge in [-0.05, 0) is 12.5 Å². The number of carbonyl (C=O) groups is 1. The lowest BCUT2D eigenvalue weighted by atomic mass is 9.95. The SMILES string of the molecule is CCCC(C)C(=O)c1cc(F)c(OC)cc1F. The molecule has 0 saturated carbocycles. The highest BCUT2D eigenvalue weighted by molar-refractivity contribution is 5.98. The van der Waals surface area contributed by atoms with Crippen molar-refractivity contribution in [2.45, 2.75) is 26.7 Å². The summed E-state index contributed by atoms with van der Waals surface area (Å²) in [5.41, 5.74) is -0.204. The van der Waals surface area contributed by atoms with E-state index < -0.39 is 11.6 Å². The number of benzene rings is 1.